The molecule has 6 nitrogen and oxygen atoms in total. The highest BCUT2D eigenvalue weighted by molar-refractivity contribution is 5.93. The first-order valence-corrected chi connectivity index (χ1v) is 7.10. The summed E-state index contributed by atoms with van der Waals surface area (Å²) in [6.07, 6.45) is -1.06. The van der Waals surface area contributed by atoms with Crippen LogP contribution in [0.15, 0.2) is 6.07 Å². The standard InChI is InChI=1S/C15H19F3N2O4/c1-5-23-7-10(21)19-8-6-9(12(17)13(18)11(8)16)20-14(22)24-15(2,3)4/h6H,5,7H2,1-4H3,(H,19,21)(H,20,22). The first-order chi connectivity index (χ1) is 11.0. The van der Waals surface area contributed by atoms with Gasteiger partial charge < -0.3 is 14.8 Å². The molecule has 2 amide bonds. The van der Waals surface area contributed by atoms with E-state index in [0.717, 1.165) is 6.07 Å². The number of rotatable bonds is 5. The Balaban J connectivity index is 3.01. The molecule has 1 rings (SSSR count). The third kappa shape index (κ3) is 5.73. The zero-order valence-corrected chi connectivity index (χ0v) is 13.8. The zero-order valence-electron chi connectivity index (χ0n) is 13.8. The fraction of sp³-hybridized carbons (Fsp3) is 0.467. The van der Waals surface area contributed by atoms with Crippen LogP contribution in [0.2, 0.25) is 0 Å². The molecule has 0 spiro atoms. The molecule has 0 aromatic heterocycles. The van der Waals surface area contributed by atoms with E-state index in [1.807, 2.05) is 10.6 Å². The van der Waals surface area contributed by atoms with Crippen molar-refractivity contribution in [3.63, 3.8) is 0 Å². The summed E-state index contributed by atoms with van der Waals surface area (Å²) in [6, 6.07) is 0.752. The third-order valence-corrected chi connectivity index (χ3v) is 2.49. The molecule has 0 fully saturated rings. The van der Waals surface area contributed by atoms with Crippen LogP contribution in [-0.2, 0) is 14.3 Å². The Bertz CT molecular complexity index is 630. The van der Waals surface area contributed by atoms with Crippen molar-refractivity contribution in [3.05, 3.63) is 23.5 Å². The van der Waals surface area contributed by atoms with E-state index >= 15 is 0 Å². The number of hydrogen-bond donors (Lipinski definition) is 2. The molecule has 134 valence electrons. The second-order valence-electron chi connectivity index (χ2n) is 5.73. The smallest absolute Gasteiger partial charge is 0.412 e. The summed E-state index contributed by atoms with van der Waals surface area (Å²) in [6.45, 7) is 6.24. The molecule has 1 aromatic carbocycles. The van der Waals surface area contributed by atoms with Gasteiger partial charge in [-0.1, -0.05) is 0 Å². The van der Waals surface area contributed by atoms with Crippen molar-refractivity contribution in [1.82, 2.24) is 0 Å². The van der Waals surface area contributed by atoms with Crippen LogP contribution in [0, 0.1) is 17.5 Å². The predicted octanol–water partition coefficient (Wildman–Crippen LogP) is 3.43. The minimum Gasteiger partial charge on any atom is -0.444 e. The van der Waals surface area contributed by atoms with Crippen LogP contribution < -0.4 is 10.6 Å². The monoisotopic (exact) mass is 348 g/mol. The zero-order chi connectivity index (χ0) is 18.5. The summed E-state index contributed by atoms with van der Waals surface area (Å²) in [5.41, 5.74) is -2.17. The average molecular weight is 348 g/mol. The number of ether oxygens (including phenoxy) is 2. The Labute approximate surface area is 137 Å². The maximum absolute atomic E-state index is 13.8. The molecule has 0 unspecified atom stereocenters. The van der Waals surface area contributed by atoms with E-state index in [0.29, 0.717) is 0 Å². The van der Waals surface area contributed by atoms with Crippen molar-refractivity contribution in [1.29, 1.82) is 0 Å². The summed E-state index contributed by atoms with van der Waals surface area (Å²) in [5, 5.41) is 4.00. The van der Waals surface area contributed by atoms with Crippen LogP contribution in [-0.4, -0.2) is 30.8 Å². The maximum atomic E-state index is 13.8. The molecule has 0 saturated carbocycles. The van der Waals surface area contributed by atoms with Gasteiger partial charge in [0.15, 0.2) is 17.5 Å². The Morgan fingerprint density at radius 3 is 2.08 bits per heavy atom. The number of carbonyl (C=O) groups excluding carboxylic acids is 2. The second kappa shape index (κ2) is 8.00. The fourth-order valence-corrected chi connectivity index (χ4v) is 1.58. The van der Waals surface area contributed by atoms with E-state index in [4.69, 9.17) is 9.47 Å². The molecule has 0 aliphatic rings. The van der Waals surface area contributed by atoms with Crippen LogP contribution in [0.3, 0.4) is 0 Å². The molecule has 0 atom stereocenters. The van der Waals surface area contributed by atoms with Crippen LogP contribution in [0.25, 0.3) is 0 Å². The first kappa shape index (κ1) is 19.8. The molecule has 9 heteroatoms. The van der Waals surface area contributed by atoms with Crippen LogP contribution in [0.4, 0.5) is 29.3 Å². The first-order valence-electron chi connectivity index (χ1n) is 7.10. The van der Waals surface area contributed by atoms with Gasteiger partial charge in [-0.15, -0.1) is 0 Å². The summed E-state index contributed by atoms with van der Waals surface area (Å²) in [5.74, 6) is -5.80. The molecule has 0 heterocycles. The second-order valence-corrected chi connectivity index (χ2v) is 5.73. The van der Waals surface area contributed by atoms with Gasteiger partial charge in [0.1, 0.15) is 12.2 Å². The van der Waals surface area contributed by atoms with E-state index in [2.05, 4.69) is 0 Å². The Morgan fingerprint density at radius 2 is 1.58 bits per heavy atom. The highest BCUT2D eigenvalue weighted by Gasteiger charge is 2.23. The van der Waals surface area contributed by atoms with Crippen molar-refractivity contribution in [2.45, 2.75) is 33.3 Å². The predicted molar refractivity (Wildman–Crippen MR) is 81.3 cm³/mol. The molecular weight excluding hydrogens is 329 g/mol. The largest absolute Gasteiger partial charge is 0.444 e. The number of amides is 2. The minimum absolute atomic E-state index is 0.249. The quantitative estimate of drug-likeness (QED) is 0.800. The van der Waals surface area contributed by atoms with Gasteiger partial charge in [0.05, 0.1) is 11.4 Å². The highest BCUT2D eigenvalue weighted by atomic mass is 19.2. The normalized spacial score (nSPS) is 11.1. The Morgan fingerprint density at radius 1 is 1.04 bits per heavy atom. The van der Waals surface area contributed by atoms with Crippen molar-refractivity contribution in [2.75, 3.05) is 23.8 Å². The van der Waals surface area contributed by atoms with Crippen LogP contribution in [0.5, 0.6) is 0 Å². The molecule has 0 aliphatic heterocycles. The van der Waals surface area contributed by atoms with E-state index < -0.39 is 46.4 Å². The SMILES string of the molecule is CCOCC(=O)Nc1cc(NC(=O)OC(C)(C)C)c(F)c(F)c1F. The van der Waals surface area contributed by atoms with Crippen molar-refractivity contribution < 1.29 is 32.2 Å². The number of nitrogens with one attached hydrogen (secondary N) is 2. The third-order valence-electron chi connectivity index (χ3n) is 2.49. The summed E-state index contributed by atoms with van der Waals surface area (Å²) < 4.78 is 50.8. The van der Waals surface area contributed by atoms with E-state index in [1.54, 1.807) is 27.7 Å². The van der Waals surface area contributed by atoms with Crippen molar-refractivity contribution in [3.8, 4) is 0 Å². The topological polar surface area (TPSA) is 76.7 Å². The molecule has 1 aromatic rings. The summed E-state index contributed by atoms with van der Waals surface area (Å²) in [7, 11) is 0. The van der Waals surface area contributed by atoms with Crippen molar-refractivity contribution in [2.24, 2.45) is 0 Å². The van der Waals surface area contributed by atoms with Crippen LogP contribution >= 0.6 is 0 Å². The lowest BCUT2D eigenvalue weighted by Gasteiger charge is -2.20. The van der Waals surface area contributed by atoms with E-state index in [9.17, 15) is 22.8 Å². The van der Waals surface area contributed by atoms with Crippen LogP contribution in [0.1, 0.15) is 27.7 Å². The molecule has 0 aliphatic carbocycles. The number of halogens is 3. The summed E-state index contributed by atoms with van der Waals surface area (Å²) in [4.78, 5) is 23.1. The van der Waals surface area contributed by atoms with Gasteiger partial charge in [-0.05, 0) is 33.8 Å². The minimum atomic E-state index is -1.84. The lowest BCUT2D eigenvalue weighted by atomic mass is 10.2. The van der Waals surface area contributed by atoms with Gasteiger partial charge in [0.2, 0.25) is 5.91 Å². The van der Waals surface area contributed by atoms with Gasteiger partial charge in [0, 0.05) is 6.61 Å². The highest BCUT2D eigenvalue weighted by Crippen LogP contribution is 2.27. The van der Waals surface area contributed by atoms with Gasteiger partial charge >= 0.3 is 6.09 Å². The molecule has 0 bridgehead atoms. The number of anilines is 2. The van der Waals surface area contributed by atoms with Gasteiger partial charge in [-0.25, -0.2) is 18.0 Å². The molecule has 2 N–H and O–H groups in total. The number of hydrogen-bond acceptors (Lipinski definition) is 4. The van der Waals surface area contributed by atoms with Crippen molar-refractivity contribution >= 4 is 23.4 Å². The average Bonchev–Trinajstić information content (AvgIpc) is 2.45. The molecule has 24 heavy (non-hydrogen) atoms. The van der Waals surface area contributed by atoms with E-state index in [-0.39, 0.29) is 13.2 Å². The summed E-state index contributed by atoms with van der Waals surface area (Å²) >= 11 is 0. The molecular formula is C15H19F3N2O4. The van der Waals surface area contributed by atoms with Gasteiger partial charge in [0.25, 0.3) is 0 Å². The number of benzene rings is 1. The molecule has 0 radical (unpaired) electrons. The van der Waals surface area contributed by atoms with Gasteiger partial charge in [-0.2, -0.15) is 0 Å². The van der Waals surface area contributed by atoms with Gasteiger partial charge in [-0.3, -0.25) is 10.1 Å². The Kier molecular flexibility index (Phi) is 6.59. The Hall–Kier alpha value is -2.29. The van der Waals surface area contributed by atoms with E-state index in [1.165, 1.54) is 0 Å². The fourth-order valence-electron chi connectivity index (χ4n) is 1.58. The lowest BCUT2D eigenvalue weighted by molar-refractivity contribution is -0.120. The maximum Gasteiger partial charge on any atom is 0.412 e. The number of carbonyl (C=O) groups is 2. The molecule has 0 saturated heterocycles. The lowest BCUT2D eigenvalue weighted by Crippen LogP contribution is -2.28.